The van der Waals surface area contributed by atoms with Crippen LogP contribution in [0.1, 0.15) is 18.9 Å². The second-order valence-electron chi connectivity index (χ2n) is 5.01. The van der Waals surface area contributed by atoms with E-state index in [-0.39, 0.29) is 12.5 Å². The largest absolute Gasteiger partial charge is 0.484 e. The van der Waals surface area contributed by atoms with Crippen LogP contribution in [0.4, 0.5) is 11.5 Å². The molecule has 22 heavy (non-hydrogen) atoms. The summed E-state index contributed by atoms with van der Waals surface area (Å²) in [6.07, 6.45) is 2.66. The average Bonchev–Trinajstić information content (AvgIpc) is 2.54. The van der Waals surface area contributed by atoms with Crippen LogP contribution in [0.25, 0.3) is 0 Å². The Labute approximate surface area is 130 Å². The molecular formula is C17H21N3O2. The molecule has 0 spiro atoms. The van der Waals surface area contributed by atoms with Crippen molar-refractivity contribution in [2.75, 3.05) is 23.8 Å². The van der Waals surface area contributed by atoms with E-state index in [0.717, 1.165) is 24.3 Å². The minimum atomic E-state index is -0.211. The van der Waals surface area contributed by atoms with Crippen LogP contribution < -0.4 is 15.4 Å². The summed E-state index contributed by atoms with van der Waals surface area (Å²) in [4.78, 5) is 16.1. The molecule has 1 amide bonds. The Hall–Kier alpha value is -2.56. The minimum absolute atomic E-state index is 0.0289. The summed E-state index contributed by atoms with van der Waals surface area (Å²) in [5.41, 5.74) is 1.80. The van der Waals surface area contributed by atoms with Gasteiger partial charge in [0.2, 0.25) is 0 Å². The van der Waals surface area contributed by atoms with Crippen LogP contribution in [0.2, 0.25) is 0 Å². The molecule has 0 fully saturated rings. The molecule has 0 aliphatic rings. The predicted octanol–water partition coefficient (Wildman–Crippen LogP) is 3.23. The molecule has 0 aliphatic heterocycles. The maximum Gasteiger partial charge on any atom is 0.262 e. The second-order valence-corrected chi connectivity index (χ2v) is 5.01. The van der Waals surface area contributed by atoms with Crippen LogP contribution >= 0.6 is 0 Å². The van der Waals surface area contributed by atoms with Crippen molar-refractivity contribution < 1.29 is 9.53 Å². The number of aromatic nitrogens is 1. The lowest BCUT2D eigenvalue weighted by Crippen LogP contribution is -2.20. The van der Waals surface area contributed by atoms with Crippen LogP contribution in [-0.4, -0.2) is 24.0 Å². The Kier molecular flexibility index (Phi) is 5.77. The number of pyridine rings is 1. The van der Waals surface area contributed by atoms with Gasteiger partial charge in [0.15, 0.2) is 6.61 Å². The number of carbonyl (C=O) groups excluding carboxylic acids is 1. The van der Waals surface area contributed by atoms with Crippen LogP contribution in [0.15, 0.2) is 42.6 Å². The Bertz CT molecular complexity index is 594. The van der Waals surface area contributed by atoms with E-state index in [9.17, 15) is 4.79 Å². The molecule has 5 nitrogen and oxygen atoms in total. The molecule has 0 atom stereocenters. The molecule has 1 aromatic carbocycles. The van der Waals surface area contributed by atoms with E-state index < -0.39 is 0 Å². The molecule has 0 saturated carbocycles. The van der Waals surface area contributed by atoms with Crippen molar-refractivity contribution >= 4 is 17.4 Å². The number of aryl methyl sites for hydroxylation is 1. The van der Waals surface area contributed by atoms with Gasteiger partial charge in [0.05, 0.1) is 11.9 Å². The predicted molar refractivity (Wildman–Crippen MR) is 88.3 cm³/mol. The van der Waals surface area contributed by atoms with Gasteiger partial charge in [-0.2, -0.15) is 0 Å². The van der Waals surface area contributed by atoms with Gasteiger partial charge in [-0.1, -0.05) is 24.6 Å². The number of amides is 1. The molecule has 0 unspecified atom stereocenters. The van der Waals surface area contributed by atoms with Gasteiger partial charge in [0.1, 0.15) is 11.6 Å². The van der Waals surface area contributed by atoms with E-state index in [2.05, 4.69) is 22.5 Å². The zero-order valence-corrected chi connectivity index (χ0v) is 12.9. The molecule has 2 N–H and O–H groups in total. The molecule has 1 aromatic heterocycles. The van der Waals surface area contributed by atoms with Crippen molar-refractivity contribution in [1.82, 2.24) is 4.98 Å². The summed E-state index contributed by atoms with van der Waals surface area (Å²) in [5, 5.41) is 5.93. The first-order valence-corrected chi connectivity index (χ1v) is 7.36. The van der Waals surface area contributed by atoms with Crippen LogP contribution in [0, 0.1) is 6.92 Å². The smallest absolute Gasteiger partial charge is 0.262 e. The third-order valence-electron chi connectivity index (χ3n) is 2.99. The van der Waals surface area contributed by atoms with Crippen LogP contribution in [0.3, 0.4) is 0 Å². The minimum Gasteiger partial charge on any atom is -0.484 e. The Morgan fingerprint density at radius 1 is 1.18 bits per heavy atom. The molecule has 5 heteroatoms. The van der Waals surface area contributed by atoms with E-state index in [1.807, 2.05) is 43.3 Å². The lowest BCUT2D eigenvalue weighted by atomic mass is 10.2. The van der Waals surface area contributed by atoms with Crippen LogP contribution in [-0.2, 0) is 4.79 Å². The summed E-state index contributed by atoms with van der Waals surface area (Å²) < 4.78 is 5.43. The highest BCUT2D eigenvalue weighted by Gasteiger charge is 2.04. The fourth-order valence-corrected chi connectivity index (χ4v) is 1.81. The number of ether oxygens (including phenoxy) is 1. The van der Waals surface area contributed by atoms with Crippen molar-refractivity contribution in [2.45, 2.75) is 20.3 Å². The Balaban J connectivity index is 1.80. The molecule has 0 aliphatic carbocycles. The zero-order chi connectivity index (χ0) is 15.8. The number of rotatable bonds is 7. The second kappa shape index (κ2) is 8.02. The lowest BCUT2D eigenvalue weighted by molar-refractivity contribution is -0.118. The van der Waals surface area contributed by atoms with Gasteiger partial charge in [-0.25, -0.2) is 4.98 Å². The molecule has 2 aromatic rings. The third-order valence-corrected chi connectivity index (χ3v) is 2.99. The van der Waals surface area contributed by atoms with E-state index in [1.165, 1.54) is 0 Å². The van der Waals surface area contributed by atoms with Crippen molar-refractivity contribution in [3.63, 3.8) is 0 Å². The highest BCUT2D eigenvalue weighted by Crippen LogP contribution is 2.12. The number of benzene rings is 1. The van der Waals surface area contributed by atoms with Gasteiger partial charge in [0.25, 0.3) is 5.91 Å². The highest BCUT2D eigenvalue weighted by molar-refractivity contribution is 5.91. The zero-order valence-electron chi connectivity index (χ0n) is 12.9. The standard InChI is InChI=1S/C17H21N3O2/c1-3-10-18-16-9-6-14(11-19-16)20-17(21)12-22-15-7-4-13(2)5-8-15/h4-9,11H,3,10,12H2,1-2H3,(H,18,19)(H,20,21). The average molecular weight is 299 g/mol. The summed E-state index contributed by atoms with van der Waals surface area (Å²) >= 11 is 0. The van der Waals surface area contributed by atoms with Crippen molar-refractivity contribution in [3.05, 3.63) is 48.2 Å². The van der Waals surface area contributed by atoms with Gasteiger partial charge in [-0.15, -0.1) is 0 Å². The molecular weight excluding hydrogens is 278 g/mol. The highest BCUT2D eigenvalue weighted by atomic mass is 16.5. The van der Waals surface area contributed by atoms with Crippen molar-refractivity contribution in [3.8, 4) is 5.75 Å². The lowest BCUT2D eigenvalue weighted by Gasteiger charge is -2.08. The maximum atomic E-state index is 11.8. The van der Waals surface area contributed by atoms with E-state index in [0.29, 0.717) is 11.4 Å². The normalized spacial score (nSPS) is 10.1. The maximum absolute atomic E-state index is 11.8. The summed E-state index contributed by atoms with van der Waals surface area (Å²) in [6, 6.07) is 11.2. The topological polar surface area (TPSA) is 63.2 Å². The quantitative estimate of drug-likeness (QED) is 0.824. The molecule has 0 bridgehead atoms. The molecule has 0 saturated heterocycles. The van der Waals surface area contributed by atoms with Gasteiger partial charge in [0, 0.05) is 6.54 Å². The van der Waals surface area contributed by atoms with Crippen molar-refractivity contribution in [1.29, 1.82) is 0 Å². The molecule has 116 valence electrons. The van der Waals surface area contributed by atoms with Crippen LogP contribution in [0.5, 0.6) is 5.75 Å². The Morgan fingerprint density at radius 3 is 2.59 bits per heavy atom. The number of carbonyl (C=O) groups is 1. The SMILES string of the molecule is CCCNc1ccc(NC(=O)COc2ccc(C)cc2)cn1. The summed E-state index contributed by atoms with van der Waals surface area (Å²) in [7, 11) is 0. The first-order valence-electron chi connectivity index (χ1n) is 7.36. The monoisotopic (exact) mass is 299 g/mol. The van der Waals surface area contributed by atoms with Gasteiger partial charge >= 0.3 is 0 Å². The molecule has 1 heterocycles. The van der Waals surface area contributed by atoms with Crippen molar-refractivity contribution in [2.24, 2.45) is 0 Å². The fraction of sp³-hybridized carbons (Fsp3) is 0.294. The number of hydrogen-bond acceptors (Lipinski definition) is 4. The van der Waals surface area contributed by atoms with Gasteiger partial charge in [-0.3, -0.25) is 4.79 Å². The molecule has 2 rings (SSSR count). The number of anilines is 2. The number of hydrogen-bond donors (Lipinski definition) is 2. The Morgan fingerprint density at radius 2 is 1.95 bits per heavy atom. The van der Waals surface area contributed by atoms with E-state index in [1.54, 1.807) is 6.20 Å². The van der Waals surface area contributed by atoms with Gasteiger partial charge in [-0.05, 0) is 37.6 Å². The van der Waals surface area contributed by atoms with E-state index >= 15 is 0 Å². The van der Waals surface area contributed by atoms with E-state index in [4.69, 9.17) is 4.74 Å². The first kappa shape index (κ1) is 15.8. The summed E-state index contributed by atoms with van der Waals surface area (Å²) in [6.45, 7) is 4.94. The number of nitrogens with one attached hydrogen (secondary N) is 2. The first-order chi connectivity index (χ1) is 10.7. The summed E-state index contributed by atoms with van der Waals surface area (Å²) in [5.74, 6) is 1.27. The number of nitrogens with zero attached hydrogens (tertiary/aromatic N) is 1. The van der Waals surface area contributed by atoms with Gasteiger partial charge < -0.3 is 15.4 Å². The fourth-order valence-electron chi connectivity index (χ4n) is 1.81. The third kappa shape index (κ3) is 5.09. The molecule has 0 radical (unpaired) electrons.